The summed E-state index contributed by atoms with van der Waals surface area (Å²) >= 11 is 7.42. The molecule has 0 saturated heterocycles. The van der Waals surface area contributed by atoms with Gasteiger partial charge < -0.3 is 10.2 Å². The van der Waals surface area contributed by atoms with Gasteiger partial charge in [-0.25, -0.2) is 4.98 Å². The molecule has 0 fully saturated rings. The van der Waals surface area contributed by atoms with Crippen LogP contribution in [0.15, 0.2) is 33.8 Å². The molecule has 120 valence electrons. The predicted octanol–water partition coefficient (Wildman–Crippen LogP) is 3.87. The summed E-state index contributed by atoms with van der Waals surface area (Å²) in [6, 6.07) is 7.50. The minimum absolute atomic E-state index is 0.0166. The van der Waals surface area contributed by atoms with Crippen molar-refractivity contribution in [3.05, 3.63) is 40.9 Å². The molecule has 23 heavy (non-hydrogen) atoms. The van der Waals surface area contributed by atoms with E-state index in [0.717, 1.165) is 22.2 Å². The van der Waals surface area contributed by atoms with Crippen LogP contribution in [0.1, 0.15) is 23.8 Å². The van der Waals surface area contributed by atoms with E-state index in [4.69, 9.17) is 21.8 Å². The smallest absolute Gasteiger partial charge is 0.222 e. The van der Waals surface area contributed by atoms with E-state index in [0.29, 0.717) is 16.9 Å². The number of aryl methyl sites for hydroxylation is 1. The molecule has 1 aromatic carbocycles. The number of aromatic nitrogens is 4. The van der Waals surface area contributed by atoms with Crippen molar-refractivity contribution in [1.82, 2.24) is 19.7 Å². The van der Waals surface area contributed by atoms with E-state index >= 15 is 0 Å². The van der Waals surface area contributed by atoms with Crippen LogP contribution in [0, 0.1) is 6.92 Å². The fourth-order valence-corrected chi connectivity index (χ4v) is 3.08. The number of oxazole rings is 1. The van der Waals surface area contributed by atoms with Crippen LogP contribution in [0.2, 0.25) is 5.02 Å². The number of halogens is 1. The lowest BCUT2D eigenvalue weighted by molar-refractivity contribution is 0.509. The van der Waals surface area contributed by atoms with Gasteiger partial charge in [-0.3, -0.25) is 4.57 Å². The molecule has 0 aliphatic rings. The van der Waals surface area contributed by atoms with Gasteiger partial charge in [0.15, 0.2) is 10.9 Å². The lowest BCUT2D eigenvalue weighted by Gasteiger charge is -2.06. The summed E-state index contributed by atoms with van der Waals surface area (Å²) < 4.78 is 7.69. The maximum atomic E-state index is 5.96. The van der Waals surface area contributed by atoms with Crippen molar-refractivity contribution in [2.24, 2.45) is 7.05 Å². The summed E-state index contributed by atoms with van der Waals surface area (Å²) in [6.45, 7) is 3.93. The van der Waals surface area contributed by atoms with E-state index in [9.17, 15) is 0 Å². The summed E-state index contributed by atoms with van der Waals surface area (Å²) in [7, 11) is 1.82. The minimum atomic E-state index is -0.0166. The minimum Gasteiger partial charge on any atom is -0.439 e. The zero-order chi connectivity index (χ0) is 16.6. The van der Waals surface area contributed by atoms with Gasteiger partial charge in [0.1, 0.15) is 0 Å². The maximum Gasteiger partial charge on any atom is 0.222 e. The summed E-state index contributed by atoms with van der Waals surface area (Å²) in [4.78, 5) is 4.53. The first kappa shape index (κ1) is 15.9. The van der Waals surface area contributed by atoms with Crippen molar-refractivity contribution < 1.29 is 4.42 Å². The summed E-state index contributed by atoms with van der Waals surface area (Å²) in [6.07, 6.45) is 0. The Morgan fingerprint density at radius 2 is 1.96 bits per heavy atom. The van der Waals surface area contributed by atoms with Crippen LogP contribution in [-0.2, 0) is 7.05 Å². The summed E-state index contributed by atoms with van der Waals surface area (Å²) in [5, 5.41) is 9.29. The number of nitrogens with zero attached hydrogens (tertiary/aromatic N) is 4. The Morgan fingerprint density at radius 3 is 2.57 bits per heavy atom. The van der Waals surface area contributed by atoms with Crippen molar-refractivity contribution in [3.63, 3.8) is 0 Å². The summed E-state index contributed by atoms with van der Waals surface area (Å²) in [5.74, 6) is 1.77. The quantitative estimate of drug-likeness (QED) is 0.720. The van der Waals surface area contributed by atoms with Gasteiger partial charge in [-0.2, -0.15) is 0 Å². The molecule has 0 unspecified atom stereocenters. The second kappa shape index (κ2) is 6.25. The van der Waals surface area contributed by atoms with E-state index < -0.39 is 0 Å². The normalized spacial score (nSPS) is 12.5. The van der Waals surface area contributed by atoms with Crippen LogP contribution >= 0.6 is 23.4 Å². The molecular weight excluding hydrogens is 334 g/mol. The van der Waals surface area contributed by atoms with Crippen LogP contribution in [-0.4, -0.2) is 19.7 Å². The monoisotopic (exact) mass is 349 g/mol. The van der Waals surface area contributed by atoms with E-state index in [1.54, 1.807) is 4.57 Å². The molecule has 2 N–H and O–H groups in total. The third-order valence-corrected chi connectivity index (χ3v) is 4.79. The Kier molecular flexibility index (Phi) is 4.32. The molecule has 6 nitrogen and oxygen atoms in total. The SMILES string of the molecule is Cc1nc([C@H](C)Sc2nnc(N)n2C)oc1-c1ccc(Cl)cc1. The number of rotatable bonds is 4. The fraction of sp³-hybridized carbons (Fsp3) is 0.267. The van der Waals surface area contributed by atoms with Crippen molar-refractivity contribution in [2.75, 3.05) is 5.73 Å². The molecule has 0 spiro atoms. The molecule has 0 radical (unpaired) electrons. The lowest BCUT2D eigenvalue weighted by Crippen LogP contribution is -1.99. The van der Waals surface area contributed by atoms with Crippen LogP contribution in [0.4, 0.5) is 5.95 Å². The van der Waals surface area contributed by atoms with Crippen molar-refractivity contribution in [3.8, 4) is 11.3 Å². The van der Waals surface area contributed by atoms with Crippen molar-refractivity contribution in [2.45, 2.75) is 24.3 Å². The average molecular weight is 350 g/mol. The van der Waals surface area contributed by atoms with Gasteiger partial charge >= 0.3 is 0 Å². The molecule has 3 aromatic rings. The molecule has 0 saturated carbocycles. The van der Waals surface area contributed by atoms with Gasteiger partial charge in [-0.05, 0) is 38.1 Å². The predicted molar refractivity (Wildman–Crippen MR) is 91.4 cm³/mol. The fourth-order valence-electron chi connectivity index (χ4n) is 2.10. The highest BCUT2D eigenvalue weighted by atomic mass is 35.5. The standard InChI is InChI=1S/C15H16ClN5OS/c1-8-12(10-4-6-11(16)7-5-10)22-13(18-8)9(2)23-15-20-19-14(17)21(15)3/h4-7,9H,1-3H3,(H2,17,19)/t9-/m0/s1. The number of hydrogen-bond donors (Lipinski definition) is 1. The van der Waals surface area contributed by atoms with E-state index in [-0.39, 0.29) is 5.25 Å². The topological polar surface area (TPSA) is 82.8 Å². The number of benzene rings is 1. The van der Waals surface area contributed by atoms with Crippen molar-refractivity contribution in [1.29, 1.82) is 0 Å². The highest BCUT2D eigenvalue weighted by Crippen LogP contribution is 2.36. The largest absolute Gasteiger partial charge is 0.439 e. The van der Waals surface area contributed by atoms with Crippen LogP contribution in [0.25, 0.3) is 11.3 Å². The van der Waals surface area contributed by atoms with Gasteiger partial charge in [-0.1, -0.05) is 23.4 Å². The van der Waals surface area contributed by atoms with Crippen LogP contribution in [0.3, 0.4) is 0 Å². The third-order valence-electron chi connectivity index (χ3n) is 3.42. The number of anilines is 1. The summed E-state index contributed by atoms with van der Waals surface area (Å²) in [5.41, 5.74) is 7.49. The molecule has 2 aromatic heterocycles. The molecule has 8 heteroatoms. The molecule has 0 aliphatic carbocycles. The van der Waals surface area contributed by atoms with Crippen molar-refractivity contribution >= 4 is 29.3 Å². The Balaban J connectivity index is 1.85. The first-order chi connectivity index (χ1) is 11.0. The third kappa shape index (κ3) is 3.20. The molecule has 0 bridgehead atoms. The van der Waals surface area contributed by atoms with E-state index in [1.165, 1.54) is 11.8 Å². The van der Waals surface area contributed by atoms with E-state index in [1.807, 2.05) is 45.2 Å². The highest BCUT2D eigenvalue weighted by molar-refractivity contribution is 7.99. The highest BCUT2D eigenvalue weighted by Gasteiger charge is 2.20. The molecule has 1 atom stereocenters. The Morgan fingerprint density at radius 1 is 1.26 bits per heavy atom. The molecule has 3 rings (SSSR count). The Labute approximate surface area is 143 Å². The molecule has 0 aliphatic heterocycles. The Hall–Kier alpha value is -1.99. The molecular formula is C15H16ClN5OS. The van der Waals surface area contributed by atoms with Gasteiger partial charge in [-0.15, -0.1) is 10.2 Å². The zero-order valence-electron chi connectivity index (χ0n) is 12.9. The molecule has 0 amide bonds. The van der Waals surface area contributed by atoms with E-state index in [2.05, 4.69) is 15.2 Å². The average Bonchev–Trinajstić information content (AvgIpc) is 3.06. The van der Waals surface area contributed by atoms with Gasteiger partial charge in [0, 0.05) is 17.6 Å². The van der Waals surface area contributed by atoms with Crippen LogP contribution in [0.5, 0.6) is 0 Å². The van der Waals surface area contributed by atoms with Gasteiger partial charge in [0.2, 0.25) is 11.8 Å². The first-order valence-corrected chi connectivity index (χ1v) is 8.26. The molecule has 2 heterocycles. The number of thioether (sulfide) groups is 1. The van der Waals surface area contributed by atoms with Gasteiger partial charge in [0.25, 0.3) is 0 Å². The first-order valence-electron chi connectivity index (χ1n) is 7.00. The maximum absolute atomic E-state index is 5.96. The second-order valence-corrected chi connectivity index (χ2v) is 6.88. The lowest BCUT2D eigenvalue weighted by atomic mass is 10.1. The zero-order valence-corrected chi connectivity index (χ0v) is 14.5. The van der Waals surface area contributed by atoms with Gasteiger partial charge in [0.05, 0.1) is 10.9 Å². The number of nitrogen functional groups attached to an aromatic ring is 1. The second-order valence-electron chi connectivity index (χ2n) is 5.13. The van der Waals surface area contributed by atoms with Crippen LogP contribution < -0.4 is 5.73 Å². The Bertz CT molecular complexity index is 827. The number of nitrogens with two attached hydrogens (primary N) is 1. The number of hydrogen-bond acceptors (Lipinski definition) is 6.